The molecule has 2 aromatic heterocycles. The van der Waals surface area contributed by atoms with Crippen LogP contribution in [0.15, 0.2) is 58.8 Å². The highest BCUT2D eigenvalue weighted by molar-refractivity contribution is 8.76. The molecule has 4 atom stereocenters. The van der Waals surface area contributed by atoms with Gasteiger partial charge in [-0.05, 0) is 45.9 Å². The molecule has 0 fully saturated rings. The van der Waals surface area contributed by atoms with Crippen molar-refractivity contribution in [1.29, 1.82) is 0 Å². The molecule has 10 heteroatoms. The molecule has 0 aliphatic carbocycles. The molecule has 0 amide bonds. The van der Waals surface area contributed by atoms with Gasteiger partial charge in [-0.2, -0.15) is 0 Å². The van der Waals surface area contributed by atoms with Crippen molar-refractivity contribution in [2.45, 2.75) is 34.5 Å². The normalized spacial score (nSPS) is 15.1. The van der Waals surface area contributed by atoms with Crippen LogP contribution in [0.2, 0.25) is 0 Å². The number of aromatic nitrogens is 2. The Morgan fingerprint density at radius 1 is 0.885 bits per heavy atom. The van der Waals surface area contributed by atoms with Gasteiger partial charge in [0.15, 0.2) is 6.29 Å². The molecule has 2 aromatic rings. The van der Waals surface area contributed by atoms with Gasteiger partial charge >= 0.3 is 0 Å². The Bertz CT molecular complexity index is 583. The number of carbonyl (C=O) groups is 1. The van der Waals surface area contributed by atoms with Crippen LogP contribution >= 0.6 is 21.6 Å². The first-order valence-electron chi connectivity index (χ1n) is 7.44. The van der Waals surface area contributed by atoms with Crippen molar-refractivity contribution >= 4 is 27.9 Å². The zero-order chi connectivity index (χ0) is 19.4. The molecular weight excluding hydrogens is 380 g/mol. The van der Waals surface area contributed by atoms with Crippen molar-refractivity contribution in [3.63, 3.8) is 0 Å². The van der Waals surface area contributed by atoms with Gasteiger partial charge in [0.05, 0.1) is 6.61 Å². The molecule has 0 aromatic carbocycles. The Kier molecular flexibility index (Phi) is 11.1. The maximum atomic E-state index is 9.90. The number of aliphatic hydroxyl groups is 5. The molecule has 5 N–H and O–H groups in total. The number of aldehydes is 1. The molecule has 0 spiro atoms. The third-order valence-electron chi connectivity index (χ3n) is 2.91. The van der Waals surface area contributed by atoms with Crippen LogP contribution in [-0.2, 0) is 4.79 Å². The summed E-state index contributed by atoms with van der Waals surface area (Å²) in [6, 6.07) is 11.8. The number of nitrogens with zero attached hydrogens (tertiary/aromatic N) is 2. The molecule has 0 aliphatic rings. The second-order valence-electron chi connectivity index (χ2n) is 4.86. The van der Waals surface area contributed by atoms with E-state index in [0.717, 1.165) is 10.1 Å². The first-order chi connectivity index (χ1) is 12.5. The highest BCUT2D eigenvalue weighted by Gasteiger charge is 2.29. The quantitative estimate of drug-likeness (QED) is 0.301. The van der Waals surface area contributed by atoms with E-state index >= 15 is 0 Å². The molecule has 0 saturated heterocycles. The van der Waals surface area contributed by atoms with E-state index < -0.39 is 31.0 Å². The molecule has 0 saturated carbocycles. The van der Waals surface area contributed by atoms with E-state index in [1.807, 2.05) is 36.4 Å². The summed E-state index contributed by atoms with van der Waals surface area (Å²) in [5, 5.41) is 45.5. The van der Waals surface area contributed by atoms with Gasteiger partial charge in [0, 0.05) is 12.4 Å². The number of pyridine rings is 2. The summed E-state index contributed by atoms with van der Waals surface area (Å²) in [5.41, 5.74) is 0. The van der Waals surface area contributed by atoms with E-state index in [-0.39, 0.29) is 6.29 Å². The van der Waals surface area contributed by atoms with Gasteiger partial charge in [-0.3, -0.25) is 0 Å². The lowest BCUT2D eigenvalue weighted by Gasteiger charge is -2.22. The highest BCUT2D eigenvalue weighted by Crippen LogP contribution is 2.34. The van der Waals surface area contributed by atoms with Crippen molar-refractivity contribution in [2.75, 3.05) is 6.61 Å². The molecule has 0 radical (unpaired) electrons. The van der Waals surface area contributed by atoms with Gasteiger partial charge in [-0.25, -0.2) is 9.97 Å². The Labute approximate surface area is 158 Å². The van der Waals surface area contributed by atoms with Crippen molar-refractivity contribution in [2.24, 2.45) is 0 Å². The van der Waals surface area contributed by atoms with E-state index in [0.29, 0.717) is 0 Å². The summed E-state index contributed by atoms with van der Waals surface area (Å²) in [6.45, 7) is -0.760. The summed E-state index contributed by atoms with van der Waals surface area (Å²) in [4.78, 5) is 18.3. The smallest absolute Gasteiger partial charge is 0.151 e. The third kappa shape index (κ3) is 8.23. The molecule has 8 nitrogen and oxygen atoms in total. The fourth-order valence-electron chi connectivity index (χ4n) is 1.50. The SMILES string of the molecule is O=C[C@H](O)[C@@H](O)[C@@H](O)[C@H](O)CO.c1ccc(SSc2ccccn2)nc1. The largest absolute Gasteiger partial charge is 0.394 e. The van der Waals surface area contributed by atoms with Crippen LogP contribution in [0.3, 0.4) is 0 Å². The zero-order valence-electron chi connectivity index (χ0n) is 13.6. The van der Waals surface area contributed by atoms with Crippen LogP contribution < -0.4 is 0 Å². The summed E-state index contributed by atoms with van der Waals surface area (Å²) in [6.07, 6.45) is -3.25. The molecule has 26 heavy (non-hydrogen) atoms. The summed E-state index contributed by atoms with van der Waals surface area (Å²) >= 11 is 0. The Hall–Kier alpha value is -1.53. The molecular formula is C16H20N2O6S2. The van der Waals surface area contributed by atoms with Crippen LogP contribution in [-0.4, -0.2) is 72.8 Å². The molecule has 0 unspecified atom stereocenters. The van der Waals surface area contributed by atoms with E-state index in [1.54, 1.807) is 34.0 Å². The van der Waals surface area contributed by atoms with Gasteiger partial charge in [-0.1, -0.05) is 12.1 Å². The van der Waals surface area contributed by atoms with Crippen LogP contribution in [0.5, 0.6) is 0 Å². The van der Waals surface area contributed by atoms with E-state index in [1.165, 1.54) is 0 Å². The minimum absolute atomic E-state index is 0.0258. The third-order valence-corrected chi connectivity index (χ3v) is 5.09. The first-order valence-corrected chi connectivity index (χ1v) is 9.59. The molecule has 2 rings (SSSR count). The van der Waals surface area contributed by atoms with E-state index in [2.05, 4.69) is 9.97 Å². The maximum absolute atomic E-state index is 9.90. The van der Waals surface area contributed by atoms with Crippen LogP contribution in [0.25, 0.3) is 0 Å². The minimum Gasteiger partial charge on any atom is -0.394 e. The van der Waals surface area contributed by atoms with Crippen molar-refractivity contribution < 1.29 is 30.3 Å². The van der Waals surface area contributed by atoms with Gasteiger partial charge in [-0.15, -0.1) is 0 Å². The number of hydrogen-bond acceptors (Lipinski definition) is 10. The first kappa shape index (κ1) is 22.5. The van der Waals surface area contributed by atoms with Crippen LogP contribution in [0.1, 0.15) is 0 Å². The molecule has 0 bridgehead atoms. The summed E-state index contributed by atoms with van der Waals surface area (Å²) < 4.78 is 0. The highest BCUT2D eigenvalue weighted by atomic mass is 33.1. The van der Waals surface area contributed by atoms with Crippen molar-refractivity contribution in [3.05, 3.63) is 48.8 Å². The monoisotopic (exact) mass is 400 g/mol. The van der Waals surface area contributed by atoms with E-state index in [4.69, 9.17) is 25.5 Å². The fraction of sp³-hybridized carbons (Fsp3) is 0.312. The van der Waals surface area contributed by atoms with Crippen molar-refractivity contribution in [3.8, 4) is 0 Å². The lowest BCUT2D eigenvalue weighted by Crippen LogP contribution is -2.46. The lowest BCUT2D eigenvalue weighted by atomic mass is 10.0. The standard InChI is InChI=1S/C10H8N2S2.C6H12O6/c1-3-7-11-9(5-1)13-14-10-6-2-4-8-12-10;7-1-3(9)5(11)6(12)4(10)2-8/h1-8H;1,3-6,8-12H,2H2/t;3-,4+,5+,6-/m.0/s1. The molecule has 2 heterocycles. The minimum atomic E-state index is -1.79. The van der Waals surface area contributed by atoms with E-state index in [9.17, 15) is 4.79 Å². The fourth-order valence-corrected chi connectivity index (χ4v) is 3.25. The summed E-state index contributed by atoms with van der Waals surface area (Å²) in [7, 11) is 3.23. The predicted octanol–water partition coefficient (Wildman–Crippen LogP) is -0.103. The topological polar surface area (TPSA) is 144 Å². The predicted molar refractivity (Wildman–Crippen MR) is 97.4 cm³/mol. The molecule has 142 valence electrons. The van der Waals surface area contributed by atoms with Crippen LogP contribution in [0, 0.1) is 0 Å². The second kappa shape index (κ2) is 12.8. The van der Waals surface area contributed by atoms with Gasteiger partial charge in [0.25, 0.3) is 0 Å². The average Bonchev–Trinajstić information content (AvgIpc) is 2.71. The Balaban J connectivity index is 0.000000265. The Morgan fingerprint density at radius 2 is 1.38 bits per heavy atom. The maximum Gasteiger partial charge on any atom is 0.151 e. The number of aliphatic hydroxyl groups excluding tert-OH is 5. The zero-order valence-corrected chi connectivity index (χ0v) is 15.2. The van der Waals surface area contributed by atoms with Gasteiger partial charge in [0.1, 0.15) is 34.5 Å². The molecule has 0 aliphatic heterocycles. The number of carbonyl (C=O) groups excluding carboxylic acids is 1. The number of hydrogen-bond donors (Lipinski definition) is 5. The average molecular weight is 400 g/mol. The van der Waals surface area contributed by atoms with Gasteiger partial charge < -0.3 is 30.3 Å². The number of rotatable bonds is 8. The lowest BCUT2D eigenvalue weighted by molar-refractivity contribution is -0.136. The summed E-state index contributed by atoms with van der Waals surface area (Å²) in [5.74, 6) is 0. The van der Waals surface area contributed by atoms with Gasteiger partial charge in [0.2, 0.25) is 0 Å². The Morgan fingerprint density at radius 3 is 1.73 bits per heavy atom. The van der Waals surface area contributed by atoms with Crippen molar-refractivity contribution in [1.82, 2.24) is 9.97 Å². The van der Waals surface area contributed by atoms with Crippen LogP contribution in [0.4, 0.5) is 0 Å². The second-order valence-corrected chi connectivity index (χ2v) is 7.03.